The number of ether oxygens (including phenoxy) is 2. The summed E-state index contributed by atoms with van der Waals surface area (Å²) in [7, 11) is 0. The zero-order valence-corrected chi connectivity index (χ0v) is 10.8. The van der Waals surface area contributed by atoms with E-state index in [0.29, 0.717) is 13.2 Å². The molecule has 3 heteroatoms. The lowest BCUT2D eigenvalue weighted by Gasteiger charge is -2.23. The van der Waals surface area contributed by atoms with Crippen LogP contribution in [-0.4, -0.2) is 25.5 Å². The van der Waals surface area contributed by atoms with Crippen LogP contribution in [0.4, 0.5) is 0 Å². The SMILES string of the molecule is CCOC(OCC)C(N)CCc1ccccc1. The fourth-order valence-corrected chi connectivity index (χ4v) is 1.74. The summed E-state index contributed by atoms with van der Waals surface area (Å²) >= 11 is 0. The number of benzene rings is 1. The highest BCUT2D eigenvalue weighted by molar-refractivity contribution is 5.14. The molecule has 0 amide bonds. The molecule has 0 saturated heterocycles. The van der Waals surface area contributed by atoms with Gasteiger partial charge in [-0.15, -0.1) is 0 Å². The monoisotopic (exact) mass is 237 g/mol. The maximum absolute atomic E-state index is 6.09. The molecule has 0 bridgehead atoms. The Morgan fingerprint density at radius 3 is 2.18 bits per heavy atom. The third-order valence-corrected chi connectivity index (χ3v) is 2.62. The van der Waals surface area contributed by atoms with Gasteiger partial charge in [-0.3, -0.25) is 0 Å². The number of aryl methyl sites for hydroxylation is 1. The zero-order chi connectivity index (χ0) is 12.5. The highest BCUT2D eigenvalue weighted by Gasteiger charge is 2.17. The van der Waals surface area contributed by atoms with Gasteiger partial charge in [-0.05, 0) is 32.3 Å². The molecule has 0 spiro atoms. The minimum atomic E-state index is -0.284. The Bertz CT molecular complexity index is 284. The van der Waals surface area contributed by atoms with Gasteiger partial charge in [0.1, 0.15) is 0 Å². The lowest BCUT2D eigenvalue weighted by atomic mass is 10.1. The van der Waals surface area contributed by atoms with E-state index in [1.54, 1.807) is 0 Å². The zero-order valence-electron chi connectivity index (χ0n) is 10.8. The van der Waals surface area contributed by atoms with E-state index in [2.05, 4.69) is 12.1 Å². The van der Waals surface area contributed by atoms with Crippen LogP contribution in [-0.2, 0) is 15.9 Å². The number of hydrogen-bond acceptors (Lipinski definition) is 3. The van der Waals surface area contributed by atoms with Crippen molar-refractivity contribution in [2.75, 3.05) is 13.2 Å². The molecule has 2 N–H and O–H groups in total. The molecule has 96 valence electrons. The van der Waals surface area contributed by atoms with Crippen molar-refractivity contribution in [3.8, 4) is 0 Å². The first-order valence-corrected chi connectivity index (χ1v) is 6.30. The molecule has 1 unspecified atom stereocenters. The minimum Gasteiger partial charge on any atom is -0.351 e. The van der Waals surface area contributed by atoms with Crippen LogP contribution in [0, 0.1) is 0 Å². The van der Waals surface area contributed by atoms with Gasteiger partial charge in [-0.1, -0.05) is 30.3 Å². The Morgan fingerprint density at radius 2 is 1.65 bits per heavy atom. The van der Waals surface area contributed by atoms with E-state index in [4.69, 9.17) is 15.2 Å². The Balaban J connectivity index is 2.38. The number of hydrogen-bond donors (Lipinski definition) is 1. The smallest absolute Gasteiger partial charge is 0.172 e. The summed E-state index contributed by atoms with van der Waals surface area (Å²) in [5.74, 6) is 0. The summed E-state index contributed by atoms with van der Waals surface area (Å²) in [5, 5.41) is 0. The average molecular weight is 237 g/mol. The molecule has 0 radical (unpaired) electrons. The second-order valence-electron chi connectivity index (χ2n) is 3.97. The number of nitrogens with two attached hydrogens (primary N) is 1. The fourth-order valence-electron chi connectivity index (χ4n) is 1.74. The largest absolute Gasteiger partial charge is 0.351 e. The molecule has 0 aliphatic carbocycles. The first kappa shape index (κ1) is 14.2. The Hall–Kier alpha value is -0.900. The van der Waals surface area contributed by atoms with Crippen LogP contribution in [0.1, 0.15) is 25.8 Å². The molecule has 0 heterocycles. The molecule has 17 heavy (non-hydrogen) atoms. The molecule has 3 nitrogen and oxygen atoms in total. The second-order valence-corrected chi connectivity index (χ2v) is 3.97. The van der Waals surface area contributed by atoms with Crippen molar-refractivity contribution in [3.05, 3.63) is 35.9 Å². The van der Waals surface area contributed by atoms with Crippen molar-refractivity contribution in [2.24, 2.45) is 5.73 Å². The molecule has 0 aliphatic rings. The third kappa shape index (κ3) is 5.31. The van der Waals surface area contributed by atoms with Crippen molar-refractivity contribution in [2.45, 2.75) is 39.0 Å². The van der Waals surface area contributed by atoms with Crippen LogP contribution in [0.5, 0.6) is 0 Å². The summed E-state index contributed by atoms with van der Waals surface area (Å²) in [6.07, 6.45) is 1.54. The average Bonchev–Trinajstić information content (AvgIpc) is 2.37. The van der Waals surface area contributed by atoms with E-state index in [1.165, 1.54) is 5.56 Å². The lowest BCUT2D eigenvalue weighted by molar-refractivity contribution is -0.149. The van der Waals surface area contributed by atoms with Gasteiger partial charge < -0.3 is 15.2 Å². The molecule has 1 rings (SSSR count). The fraction of sp³-hybridized carbons (Fsp3) is 0.571. The highest BCUT2D eigenvalue weighted by Crippen LogP contribution is 2.09. The van der Waals surface area contributed by atoms with Gasteiger partial charge in [-0.2, -0.15) is 0 Å². The molecular weight excluding hydrogens is 214 g/mol. The van der Waals surface area contributed by atoms with Crippen LogP contribution in [0.25, 0.3) is 0 Å². The van der Waals surface area contributed by atoms with E-state index in [1.807, 2.05) is 32.0 Å². The molecule has 0 saturated carbocycles. The van der Waals surface area contributed by atoms with Gasteiger partial charge in [-0.25, -0.2) is 0 Å². The Morgan fingerprint density at radius 1 is 1.06 bits per heavy atom. The quantitative estimate of drug-likeness (QED) is 0.706. The van der Waals surface area contributed by atoms with E-state index in [9.17, 15) is 0 Å². The Labute approximate surface area is 104 Å². The van der Waals surface area contributed by atoms with Crippen molar-refractivity contribution in [1.82, 2.24) is 0 Å². The maximum Gasteiger partial charge on any atom is 0.172 e. The van der Waals surface area contributed by atoms with Crippen molar-refractivity contribution < 1.29 is 9.47 Å². The number of rotatable bonds is 8. The van der Waals surface area contributed by atoms with Crippen LogP contribution in [0.15, 0.2) is 30.3 Å². The molecule has 1 atom stereocenters. The lowest BCUT2D eigenvalue weighted by Crippen LogP contribution is -2.39. The standard InChI is InChI=1S/C14H23NO2/c1-3-16-14(17-4-2)13(15)11-10-12-8-6-5-7-9-12/h5-9,13-14H,3-4,10-11,15H2,1-2H3. The van der Waals surface area contributed by atoms with Crippen molar-refractivity contribution in [3.63, 3.8) is 0 Å². The maximum atomic E-state index is 6.09. The molecule has 0 fully saturated rings. The van der Waals surface area contributed by atoms with Gasteiger partial charge in [0.15, 0.2) is 6.29 Å². The van der Waals surface area contributed by atoms with Gasteiger partial charge in [0.2, 0.25) is 0 Å². The Kier molecular flexibility index (Phi) is 6.86. The van der Waals surface area contributed by atoms with Crippen LogP contribution >= 0.6 is 0 Å². The minimum absolute atomic E-state index is 0.0740. The second kappa shape index (κ2) is 8.23. The van der Waals surface area contributed by atoms with Crippen LogP contribution < -0.4 is 5.73 Å². The van der Waals surface area contributed by atoms with E-state index >= 15 is 0 Å². The van der Waals surface area contributed by atoms with Crippen molar-refractivity contribution >= 4 is 0 Å². The first-order valence-electron chi connectivity index (χ1n) is 6.30. The van der Waals surface area contributed by atoms with E-state index < -0.39 is 0 Å². The summed E-state index contributed by atoms with van der Waals surface area (Å²) in [6.45, 7) is 5.17. The third-order valence-electron chi connectivity index (χ3n) is 2.62. The summed E-state index contributed by atoms with van der Waals surface area (Å²) in [5.41, 5.74) is 7.39. The molecule has 0 aromatic heterocycles. The van der Waals surface area contributed by atoms with Gasteiger partial charge in [0.25, 0.3) is 0 Å². The first-order chi connectivity index (χ1) is 8.27. The van der Waals surface area contributed by atoms with Gasteiger partial charge in [0, 0.05) is 13.2 Å². The molecule has 1 aromatic carbocycles. The summed E-state index contributed by atoms with van der Waals surface area (Å²) in [6, 6.07) is 10.3. The molecular formula is C14H23NO2. The summed E-state index contributed by atoms with van der Waals surface area (Å²) in [4.78, 5) is 0. The molecule has 0 aliphatic heterocycles. The van der Waals surface area contributed by atoms with E-state index in [-0.39, 0.29) is 12.3 Å². The van der Waals surface area contributed by atoms with E-state index in [0.717, 1.165) is 12.8 Å². The van der Waals surface area contributed by atoms with Crippen molar-refractivity contribution in [1.29, 1.82) is 0 Å². The predicted molar refractivity (Wildman–Crippen MR) is 69.8 cm³/mol. The van der Waals surface area contributed by atoms with Crippen LogP contribution in [0.3, 0.4) is 0 Å². The predicted octanol–water partition coefficient (Wildman–Crippen LogP) is 2.35. The summed E-state index contributed by atoms with van der Waals surface area (Å²) < 4.78 is 11.0. The normalized spacial score (nSPS) is 12.9. The van der Waals surface area contributed by atoms with Crippen LogP contribution in [0.2, 0.25) is 0 Å². The highest BCUT2D eigenvalue weighted by atomic mass is 16.7. The molecule has 1 aromatic rings. The van der Waals surface area contributed by atoms with Gasteiger partial charge >= 0.3 is 0 Å². The van der Waals surface area contributed by atoms with Gasteiger partial charge in [0.05, 0.1) is 6.04 Å². The topological polar surface area (TPSA) is 44.5 Å².